The predicted molar refractivity (Wildman–Crippen MR) is 102 cm³/mol. The first-order valence-corrected chi connectivity index (χ1v) is 10.3. The minimum absolute atomic E-state index is 0.114. The number of amides is 2. The van der Waals surface area contributed by atoms with Crippen LogP contribution in [0.5, 0.6) is 0 Å². The molecule has 31 heavy (non-hydrogen) atoms. The molecule has 0 saturated carbocycles. The van der Waals surface area contributed by atoms with Crippen LogP contribution in [0, 0.1) is 0 Å². The number of carbonyl (C=O) groups is 4. The first-order chi connectivity index (χ1) is 14.3. The molecule has 15 heteroatoms. The molecule has 0 spiro atoms. The topological polar surface area (TPSA) is 131 Å². The van der Waals surface area contributed by atoms with Crippen molar-refractivity contribution in [2.24, 2.45) is 7.05 Å². The zero-order chi connectivity index (χ0) is 23.2. The average Bonchev–Trinajstić information content (AvgIpc) is 2.97. The Balaban J connectivity index is 1.81. The minimum atomic E-state index is -4.79. The van der Waals surface area contributed by atoms with Gasteiger partial charge in [-0.2, -0.15) is 18.3 Å². The fraction of sp³-hybridized carbons (Fsp3) is 0.438. The van der Waals surface area contributed by atoms with Gasteiger partial charge < -0.3 is 15.2 Å². The number of fused-ring (bicyclic) bond motifs is 1. The zero-order valence-electron chi connectivity index (χ0n) is 15.8. The van der Waals surface area contributed by atoms with Gasteiger partial charge in [0.1, 0.15) is 29.4 Å². The van der Waals surface area contributed by atoms with Gasteiger partial charge in [0, 0.05) is 25.3 Å². The van der Waals surface area contributed by atoms with Crippen LogP contribution in [0.15, 0.2) is 15.7 Å². The van der Waals surface area contributed by atoms with Crippen molar-refractivity contribution in [3.05, 3.63) is 27.1 Å². The average molecular weight is 527 g/mol. The predicted octanol–water partition coefficient (Wildman–Crippen LogP) is 1.12. The van der Waals surface area contributed by atoms with E-state index in [9.17, 15) is 37.5 Å². The van der Waals surface area contributed by atoms with E-state index in [1.54, 1.807) is 0 Å². The number of carboxylic acids is 1. The number of esters is 1. The lowest BCUT2D eigenvalue weighted by Gasteiger charge is -2.49. The lowest BCUT2D eigenvalue weighted by atomic mass is 10.0. The van der Waals surface area contributed by atoms with E-state index >= 15 is 0 Å². The molecule has 1 saturated heterocycles. The molecule has 2 amide bonds. The number of alkyl halides is 3. The molecule has 2 aliphatic heterocycles. The number of β-lactam (4-membered cyclic amide) rings is 1. The molecule has 0 unspecified atom stereocenters. The molecule has 1 aromatic heterocycles. The second kappa shape index (κ2) is 8.18. The summed E-state index contributed by atoms with van der Waals surface area (Å²) in [5, 5.41) is 14.4. The van der Waals surface area contributed by atoms with Crippen LogP contribution in [0.3, 0.4) is 0 Å². The maximum absolute atomic E-state index is 13.0. The molecule has 0 aromatic carbocycles. The van der Waals surface area contributed by atoms with Crippen molar-refractivity contribution >= 4 is 51.4 Å². The van der Waals surface area contributed by atoms with Crippen LogP contribution in [0.2, 0.25) is 0 Å². The van der Waals surface area contributed by atoms with E-state index in [1.165, 1.54) is 0 Å². The minimum Gasteiger partial charge on any atom is -0.477 e. The van der Waals surface area contributed by atoms with E-state index in [2.05, 4.69) is 26.3 Å². The van der Waals surface area contributed by atoms with Crippen molar-refractivity contribution in [1.29, 1.82) is 0 Å². The number of aryl methyl sites for hydroxylation is 1. The van der Waals surface area contributed by atoms with Crippen molar-refractivity contribution in [1.82, 2.24) is 20.0 Å². The molecule has 3 heterocycles. The van der Waals surface area contributed by atoms with Crippen LogP contribution in [-0.4, -0.2) is 67.3 Å². The first-order valence-electron chi connectivity index (χ1n) is 8.48. The number of nitrogens with one attached hydrogen (secondary N) is 1. The van der Waals surface area contributed by atoms with Crippen LogP contribution in [0.1, 0.15) is 23.1 Å². The number of thioether (sulfide) groups is 1. The van der Waals surface area contributed by atoms with Crippen molar-refractivity contribution in [2.75, 3.05) is 12.4 Å². The van der Waals surface area contributed by atoms with Crippen LogP contribution < -0.4 is 5.32 Å². The fourth-order valence-corrected chi connectivity index (χ4v) is 5.19. The summed E-state index contributed by atoms with van der Waals surface area (Å²) >= 11 is 3.85. The number of aliphatic carboxylic acids is 1. The second-order valence-electron chi connectivity index (χ2n) is 6.53. The van der Waals surface area contributed by atoms with Gasteiger partial charge in [0.05, 0.1) is 4.47 Å². The number of carboxylic acid groups (broad SMARTS) is 1. The van der Waals surface area contributed by atoms with Gasteiger partial charge in [-0.1, -0.05) is 0 Å². The third-order valence-corrected chi connectivity index (χ3v) is 6.55. The van der Waals surface area contributed by atoms with Gasteiger partial charge in [0.2, 0.25) is 0 Å². The molecule has 10 nitrogen and oxygen atoms in total. The molecule has 2 aliphatic rings. The highest BCUT2D eigenvalue weighted by atomic mass is 79.9. The quantitative estimate of drug-likeness (QED) is 0.431. The van der Waals surface area contributed by atoms with Crippen molar-refractivity contribution < 1.29 is 42.2 Å². The Morgan fingerprint density at radius 2 is 2.03 bits per heavy atom. The molecule has 2 atom stereocenters. The third kappa shape index (κ3) is 4.15. The molecule has 2 N–H and O–H groups in total. The van der Waals surface area contributed by atoms with Crippen molar-refractivity contribution in [3.63, 3.8) is 0 Å². The summed E-state index contributed by atoms with van der Waals surface area (Å²) in [6.07, 6.45) is -4.79. The van der Waals surface area contributed by atoms with E-state index in [-0.39, 0.29) is 23.6 Å². The summed E-state index contributed by atoms with van der Waals surface area (Å²) in [7, 11) is 1.14. The van der Waals surface area contributed by atoms with Gasteiger partial charge >= 0.3 is 18.1 Å². The van der Waals surface area contributed by atoms with E-state index < -0.39 is 57.2 Å². The van der Waals surface area contributed by atoms with Gasteiger partial charge in [-0.25, -0.2) is 4.79 Å². The number of rotatable bonds is 5. The summed E-state index contributed by atoms with van der Waals surface area (Å²) in [5.41, 5.74) is -1.86. The van der Waals surface area contributed by atoms with E-state index in [0.29, 0.717) is 0 Å². The molecule has 168 valence electrons. The summed E-state index contributed by atoms with van der Waals surface area (Å²) in [4.78, 5) is 48.8. The number of hydrogen-bond donors (Lipinski definition) is 2. The molecule has 0 aliphatic carbocycles. The summed E-state index contributed by atoms with van der Waals surface area (Å²) < 4.78 is 44.0. The van der Waals surface area contributed by atoms with E-state index in [1.807, 2.05) is 0 Å². The maximum atomic E-state index is 13.0. The normalized spacial score (nSPS) is 20.8. The van der Waals surface area contributed by atoms with Gasteiger partial charge in [-0.15, -0.1) is 11.8 Å². The highest BCUT2D eigenvalue weighted by molar-refractivity contribution is 9.10. The zero-order valence-corrected chi connectivity index (χ0v) is 18.2. The van der Waals surface area contributed by atoms with Gasteiger partial charge in [-0.3, -0.25) is 24.0 Å². The number of nitrogens with zero attached hydrogens (tertiary/aromatic N) is 3. The number of ether oxygens (including phenoxy) is 1. The van der Waals surface area contributed by atoms with E-state index in [4.69, 9.17) is 4.74 Å². The van der Waals surface area contributed by atoms with Gasteiger partial charge in [0.15, 0.2) is 5.69 Å². The van der Waals surface area contributed by atoms with Crippen LogP contribution in [0.4, 0.5) is 13.2 Å². The Morgan fingerprint density at radius 3 is 2.55 bits per heavy atom. The third-order valence-electron chi connectivity index (χ3n) is 4.46. The molecule has 3 rings (SSSR count). The SMILES string of the molecule is CC(=O)OCC1=C(C(=O)O)N2C(=O)[C@H](NC(=O)c3c(Br)c(C(F)(F)F)nn3C)[C@@H]2SC1. The van der Waals surface area contributed by atoms with Gasteiger partial charge in [-0.05, 0) is 15.9 Å². The highest BCUT2D eigenvalue weighted by Crippen LogP contribution is 2.41. The molecule has 1 aromatic rings. The molecular formula is C16H14BrF3N4O6S. The number of hydrogen-bond acceptors (Lipinski definition) is 7. The first kappa shape index (κ1) is 23.1. The Kier molecular flexibility index (Phi) is 6.10. The Labute approximate surface area is 184 Å². The standard InChI is InChI=1S/C16H14BrF3N4O6S/c1-5(25)30-3-6-4-31-14-8(13(27)24(14)9(6)15(28)29)21-12(26)10-7(17)11(16(18,19)20)22-23(10)2/h8,14H,3-4H2,1-2H3,(H,21,26)(H,28,29)/t8-,14-/m0/s1. The smallest absolute Gasteiger partial charge is 0.436 e. The molecule has 0 radical (unpaired) electrons. The Bertz CT molecular complexity index is 1020. The van der Waals surface area contributed by atoms with E-state index in [0.717, 1.165) is 35.3 Å². The molecular weight excluding hydrogens is 513 g/mol. The highest BCUT2D eigenvalue weighted by Gasteiger charge is 2.54. The Morgan fingerprint density at radius 1 is 1.39 bits per heavy atom. The largest absolute Gasteiger partial charge is 0.477 e. The number of halogens is 4. The fourth-order valence-electron chi connectivity index (χ4n) is 3.12. The number of aromatic nitrogens is 2. The van der Waals surface area contributed by atoms with Gasteiger partial charge in [0.25, 0.3) is 11.8 Å². The lowest BCUT2D eigenvalue weighted by molar-refractivity contribution is -0.149. The monoisotopic (exact) mass is 526 g/mol. The number of carbonyl (C=O) groups excluding carboxylic acids is 3. The Hall–Kier alpha value is -2.55. The van der Waals surface area contributed by atoms with Crippen LogP contribution in [0.25, 0.3) is 0 Å². The summed E-state index contributed by atoms with van der Waals surface area (Å²) in [6.45, 7) is 0.848. The van der Waals surface area contributed by atoms with Crippen LogP contribution in [-0.2, 0) is 32.3 Å². The summed E-state index contributed by atoms with van der Waals surface area (Å²) in [5.74, 6) is -3.65. The van der Waals surface area contributed by atoms with Crippen molar-refractivity contribution in [3.8, 4) is 0 Å². The van der Waals surface area contributed by atoms with Crippen LogP contribution >= 0.6 is 27.7 Å². The molecule has 1 fully saturated rings. The molecule has 0 bridgehead atoms. The van der Waals surface area contributed by atoms with Crippen molar-refractivity contribution in [2.45, 2.75) is 24.5 Å². The summed E-state index contributed by atoms with van der Waals surface area (Å²) in [6, 6.07) is -1.15. The maximum Gasteiger partial charge on any atom is 0.436 e. The second-order valence-corrected chi connectivity index (χ2v) is 8.43. The lowest BCUT2D eigenvalue weighted by Crippen LogP contribution is -2.70.